The summed E-state index contributed by atoms with van der Waals surface area (Å²) in [5, 5.41) is 0.570. The maximum Gasteiger partial charge on any atom is 0.190 e. The maximum atomic E-state index is 13.3. The molecule has 166 valence electrons. The summed E-state index contributed by atoms with van der Waals surface area (Å²) in [4.78, 5) is 26.4. The van der Waals surface area contributed by atoms with Gasteiger partial charge in [-0.3, -0.25) is 9.59 Å². The SMILES string of the molecule is CCCCOc1ccc(C=CC(=O)C2=C(c3ccccc3)c3cc(Cl)ccc3CC2=O)cc1. The molecule has 3 nitrogen and oxygen atoms in total. The number of allylic oxidation sites excluding steroid dienone is 2. The summed E-state index contributed by atoms with van der Waals surface area (Å²) < 4.78 is 5.69. The van der Waals surface area contributed by atoms with E-state index in [0.29, 0.717) is 17.2 Å². The summed E-state index contributed by atoms with van der Waals surface area (Å²) in [5.74, 6) is 0.308. The van der Waals surface area contributed by atoms with Gasteiger partial charge in [-0.15, -0.1) is 0 Å². The molecule has 0 saturated carbocycles. The summed E-state index contributed by atoms with van der Waals surface area (Å²) in [7, 11) is 0. The molecule has 1 aliphatic rings. The molecular formula is C29H25ClO3. The maximum absolute atomic E-state index is 13.3. The summed E-state index contributed by atoms with van der Waals surface area (Å²) >= 11 is 6.27. The van der Waals surface area contributed by atoms with E-state index in [0.717, 1.165) is 40.8 Å². The third-order valence-corrected chi connectivity index (χ3v) is 5.84. The van der Waals surface area contributed by atoms with Crippen LogP contribution in [0.15, 0.2) is 84.4 Å². The van der Waals surface area contributed by atoms with Gasteiger partial charge in [-0.2, -0.15) is 0 Å². The highest BCUT2D eigenvalue weighted by Gasteiger charge is 2.29. The Bertz CT molecular complexity index is 1220. The number of hydrogen-bond donors (Lipinski definition) is 0. The average Bonchev–Trinajstić information content (AvgIpc) is 2.83. The number of halogens is 1. The molecule has 0 radical (unpaired) electrons. The summed E-state index contributed by atoms with van der Waals surface area (Å²) in [6.07, 6.45) is 5.48. The van der Waals surface area contributed by atoms with Crippen LogP contribution in [-0.4, -0.2) is 18.2 Å². The molecule has 0 aromatic heterocycles. The average molecular weight is 457 g/mol. The van der Waals surface area contributed by atoms with Crippen molar-refractivity contribution in [2.24, 2.45) is 0 Å². The summed E-state index contributed by atoms with van der Waals surface area (Å²) in [5.41, 5.74) is 4.23. The highest BCUT2D eigenvalue weighted by molar-refractivity contribution is 6.33. The predicted octanol–water partition coefficient (Wildman–Crippen LogP) is 6.73. The normalized spacial score (nSPS) is 13.3. The fourth-order valence-corrected chi connectivity index (χ4v) is 4.07. The van der Waals surface area contributed by atoms with Gasteiger partial charge in [-0.1, -0.05) is 79.6 Å². The molecule has 0 aliphatic heterocycles. The van der Waals surface area contributed by atoms with E-state index in [-0.39, 0.29) is 23.6 Å². The summed E-state index contributed by atoms with van der Waals surface area (Å²) in [6.45, 7) is 2.81. The van der Waals surface area contributed by atoms with E-state index in [1.54, 1.807) is 12.1 Å². The molecule has 4 rings (SSSR count). The number of carbonyl (C=O) groups excluding carboxylic acids is 2. The molecule has 0 saturated heterocycles. The van der Waals surface area contributed by atoms with Crippen LogP contribution in [-0.2, 0) is 16.0 Å². The van der Waals surface area contributed by atoms with Crippen LogP contribution in [0.1, 0.15) is 42.0 Å². The monoisotopic (exact) mass is 456 g/mol. The highest BCUT2D eigenvalue weighted by atomic mass is 35.5. The Morgan fingerprint density at radius 2 is 1.79 bits per heavy atom. The minimum atomic E-state index is -0.312. The number of hydrogen-bond acceptors (Lipinski definition) is 3. The molecule has 1 aliphatic carbocycles. The third-order valence-electron chi connectivity index (χ3n) is 5.60. The number of Topliss-reactive ketones (excluding diaryl/α,β-unsaturated/α-hetero) is 1. The number of unbranched alkanes of at least 4 members (excludes halogenated alkanes) is 1. The topological polar surface area (TPSA) is 43.4 Å². The van der Waals surface area contributed by atoms with Crippen molar-refractivity contribution < 1.29 is 14.3 Å². The molecule has 4 heteroatoms. The summed E-state index contributed by atoms with van der Waals surface area (Å²) in [6, 6.07) is 22.6. The minimum absolute atomic E-state index is 0.182. The molecule has 3 aromatic carbocycles. The number of carbonyl (C=O) groups is 2. The predicted molar refractivity (Wildman–Crippen MR) is 134 cm³/mol. The first kappa shape index (κ1) is 22.8. The van der Waals surface area contributed by atoms with E-state index < -0.39 is 0 Å². The highest BCUT2D eigenvalue weighted by Crippen LogP contribution is 2.36. The first-order valence-corrected chi connectivity index (χ1v) is 11.5. The van der Waals surface area contributed by atoms with Crippen molar-refractivity contribution in [3.63, 3.8) is 0 Å². The fourth-order valence-electron chi connectivity index (χ4n) is 3.90. The number of ether oxygens (including phenoxy) is 1. The molecule has 0 N–H and O–H groups in total. The second-order valence-electron chi connectivity index (χ2n) is 7.99. The Balaban J connectivity index is 1.67. The Labute approximate surface area is 199 Å². The van der Waals surface area contributed by atoms with Crippen LogP contribution in [0, 0.1) is 0 Å². The van der Waals surface area contributed by atoms with Gasteiger partial charge in [0.1, 0.15) is 5.75 Å². The molecule has 3 aromatic rings. The van der Waals surface area contributed by atoms with Crippen molar-refractivity contribution in [1.82, 2.24) is 0 Å². The molecule has 0 atom stereocenters. The Kier molecular flexibility index (Phi) is 7.21. The number of rotatable bonds is 8. The van der Waals surface area contributed by atoms with Crippen LogP contribution < -0.4 is 4.74 Å². The number of fused-ring (bicyclic) bond motifs is 1. The zero-order valence-electron chi connectivity index (χ0n) is 18.5. The Morgan fingerprint density at radius 1 is 1.03 bits per heavy atom. The van der Waals surface area contributed by atoms with E-state index >= 15 is 0 Å². The lowest BCUT2D eigenvalue weighted by Crippen LogP contribution is -2.21. The van der Waals surface area contributed by atoms with E-state index in [4.69, 9.17) is 16.3 Å². The van der Waals surface area contributed by atoms with Crippen molar-refractivity contribution in [3.05, 3.63) is 112 Å². The van der Waals surface area contributed by atoms with Gasteiger partial charge in [0.2, 0.25) is 0 Å². The largest absolute Gasteiger partial charge is 0.494 e. The van der Waals surface area contributed by atoms with E-state index in [1.807, 2.05) is 66.7 Å². The zero-order valence-corrected chi connectivity index (χ0v) is 19.3. The number of benzene rings is 3. The zero-order chi connectivity index (χ0) is 23.2. The smallest absolute Gasteiger partial charge is 0.190 e. The van der Waals surface area contributed by atoms with Crippen molar-refractivity contribution in [2.45, 2.75) is 26.2 Å². The van der Waals surface area contributed by atoms with Crippen LogP contribution >= 0.6 is 11.6 Å². The molecule has 0 heterocycles. The van der Waals surface area contributed by atoms with Gasteiger partial charge >= 0.3 is 0 Å². The van der Waals surface area contributed by atoms with E-state index in [1.165, 1.54) is 6.08 Å². The van der Waals surface area contributed by atoms with Crippen LogP contribution in [0.4, 0.5) is 0 Å². The lowest BCUT2D eigenvalue weighted by molar-refractivity contribution is -0.119. The van der Waals surface area contributed by atoms with Crippen LogP contribution in [0.3, 0.4) is 0 Å². The molecular weight excluding hydrogens is 432 g/mol. The van der Waals surface area contributed by atoms with Gasteiger partial charge in [0.15, 0.2) is 11.6 Å². The van der Waals surface area contributed by atoms with Gasteiger partial charge in [-0.25, -0.2) is 0 Å². The van der Waals surface area contributed by atoms with E-state index in [2.05, 4.69) is 6.92 Å². The third kappa shape index (κ3) is 5.32. The van der Waals surface area contributed by atoms with Crippen molar-refractivity contribution in [1.29, 1.82) is 0 Å². The van der Waals surface area contributed by atoms with Crippen molar-refractivity contribution in [3.8, 4) is 5.75 Å². The first-order valence-electron chi connectivity index (χ1n) is 11.1. The molecule has 33 heavy (non-hydrogen) atoms. The van der Waals surface area contributed by atoms with Crippen LogP contribution in [0.2, 0.25) is 5.02 Å². The Morgan fingerprint density at radius 3 is 2.52 bits per heavy atom. The lowest BCUT2D eigenvalue weighted by Gasteiger charge is -2.22. The Hall–Kier alpha value is -3.43. The lowest BCUT2D eigenvalue weighted by atomic mass is 9.80. The molecule has 0 spiro atoms. The van der Waals surface area contributed by atoms with Crippen molar-refractivity contribution >= 4 is 34.8 Å². The van der Waals surface area contributed by atoms with Crippen LogP contribution in [0.25, 0.3) is 11.6 Å². The molecule has 0 unspecified atom stereocenters. The standard InChI is InChI=1S/C29H25ClO3/c1-2-3-17-33-24-14-9-20(10-15-24)11-16-26(31)29-27(32)18-22-12-13-23(30)19-25(22)28(29)21-7-5-4-6-8-21/h4-16,19H,2-3,17-18H2,1H3. The van der Waals surface area contributed by atoms with E-state index in [9.17, 15) is 9.59 Å². The number of ketones is 2. The molecule has 0 bridgehead atoms. The second-order valence-corrected chi connectivity index (χ2v) is 8.42. The second kappa shape index (κ2) is 10.5. The quantitative estimate of drug-likeness (QED) is 0.214. The van der Waals surface area contributed by atoms with Gasteiger partial charge in [0, 0.05) is 17.0 Å². The molecule has 0 fully saturated rings. The fraction of sp³-hybridized carbons (Fsp3) is 0.172. The van der Waals surface area contributed by atoms with Gasteiger partial charge < -0.3 is 4.74 Å². The van der Waals surface area contributed by atoms with Crippen LogP contribution in [0.5, 0.6) is 5.75 Å². The van der Waals surface area contributed by atoms with Gasteiger partial charge in [0.25, 0.3) is 0 Å². The van der Waals surface area contributed by atoms with Gasteiger partial charge in [-0.05, 0) is 59.0 Å². The van der Waals surface area contributed by atoms with Gasteiger partial charge in [0.05, 0.1) is 12.2 Å². The van der Waals surface area contributed by atoms with Crippen molar-refractivity contribution in [2.75, 3.05) is 6.61 Å². The molecule has 0 amide bonds. The first-order chi connectivity index (χ1) is 16.1. The minimum Gasteiger partial charge on any atom is -0.494 e.